The van der Waals surface area contributed by atoms with Crippen LogP contribution in [0.2, 0.25) is 0 Å². The molecule has 3 aromatic rings. The lowest BCUT2D eigenvalue weighted by molar-refractivity contribution is 0.102. The summed E-state index contributed by atoms with van der Waals surface area (Å²) >= 11 is 0. The zero-order valence-corrected chi connectivity index (χ0v) is 16.2. The number of nitrogens with one attached hydrogen (secondary N) is 2. The summed E-state index contributed by atoms with van der Waals surface area (Å²) in [5.41, 5.74) is 2.68. The first-order chi connectivity index (χ1) is 13.4. The number of halogens is 1. The molecule has 0 radical (unpaired) electrons. The van der Waals surface area contributed by atoms with Crippen molar-refractivity contribution in [3.63, 3.8) is 0 Å². The van der Waals surface area contributed by atoms with Gasteiger partial charge in [-0.3, -0.25) is 9.89 Å². The molecule has 28 heavy (non-hydrogen) atoms. The van der Waals surface area contributed by atoms with Gasteiger partial charge in [0, 0.05) is 11.3 Å². The van der Waals surface area contributed by atoms with Gasteiger partial charge < -0.3 is 14.8 Å². The SMILES string of the molecule is COc1ccc(NC(=O)c2cc(-c3cc(F)ccc3OC(C)C)n[nH]2)c(C)c1. The quantitative estimate of drug-likeness (QED) is 0.654. The minimum Gasteiger partial charge on any atom is -0.497 e. The highest BCUT2D eigenvalue weighted by molar-refractivity contribution is 6.04. The Labute approximate surface area is 162 Å². The molecule has 1 heterocycles. The number of carbonyl (C=O) groups is 1. The standard InChI is InChI=1S/C21H22FN3O3/c1-12(2)28-20-8-5-14(22)10-16(20)18-11-19(25-24-18)21(26)23-17-7-6-15(27-4)9-13(17)3/h5-12H,1-4H3,(H,23,26)(H,24,25). The topological polar surface area (TPSA) is 76.2 Å². The summed E-state index contributed by atoms with van der Waals surface area (Å²) < 4.78 is 24.6. The molecule has 1 amide bonds. The van der Waals surface area contributed by atoms with E-state index in [0.29, 0.717) is 28.4 Å². The van der Waals surface area contributed by atoms with Crippen molar-refractivity contribution < 1.29 is 18.7 Å². The van der Waals surface area contributed by atoms with Crippen molar-refractivity contribution in [3.05, 3.63) is 59.5 Å². The number of H-pyrrole nitrogens is 1. The normalized spacial score (nSPS) is 10.8. The fourth-order valence-corrected chi connectivity index (χ4v) is 2.73. The molecular weight excluding hydrogens is 361 g/mol. The van der Waals surface area contributed by atoms with Gasteiger partial charge in [0.15, 0.2) is 0 Å². The number of nitrogens with zero attached hydrogens (tertiary/aromatic N) is 1. The third-order valence-corrected chi connectivity index (χ3v) is 4.08. The number of ether oxygens (including phenoxy) is 2. The lowest BCUT2D eigenvalue weighted by Crippen LogP contribution is -2.13. The maximum atomic E-state index is 13.7. The van der Waals surface area contributed by atoms with Gasteiger partial charge in [0.1, 0.15) is 23.0 Å². The van der Waals surface area contributed by atoms with Gasteiger partial charge in [0.2, 0.25) is 0 Å². The van der Waals surface area contributed by atoms with Crippen LogP contribution < -0.4 is 14.8 Å². The van der Waals surface area contributed by atoms with Gasteiger partial charge in [-0.1, -0.05) is 0 Å². The van der Waals surface area contributed by atoms with Gasteiger partial charge in [-0.2, -0.15) is 5.10 Å². The smallest absolute Gasteiger partial charge is 0.273 e. The molecule has 0 spiro atoms. The minimum absolute atomic E-state index is 0.0797. The molecule has 0 fully saturated rings. The molecular formula is C21H22FN3O3. The number of methoxy groups -OCH3 is 1. The summed E-state index contributed by atoms with van der Waals surface area (Å²) in [6.07, 6.45) is -0.0797. The maximum Gasteiger partial charge on any atom is 0.273 e. The monoisotopic (exact) mass is 383 g/mol. The number of aryl methyl sites for hydroxylation is 1. The summed E-state index contributed by atoms with van der Waals surface area (Å²) in [7, 11) is 1.59. The number of hydrogen-bond acceptors (Lipinski definition) is 4. The van der Waals surface area contributed by atoms with Crippen LogP contribution in [0.25, 0.3) is 11.3 Å². The van der Waals surface area contributed by atoms with Crippen molar-refractivity contribution in [2.75, 3.05) is 12.4 Å². The van der Waals surface area contributed by atoms with E-state index in [4.69, 9.17) is 9.47 Å². The first-order valence-electron chi connectivity index (χ1n) is 8.85. The number of hydrogen-bond donors (Lipinski definition) is 2. The average Bonchev–Trinajstić information content (AvgIpc) is 3.14. The predicted octanol–water partition coefficient (Wildman–Crippen LogP) is 4.57. The van der Waals surface area contributed by atoms with Gasteiger partial charge in [-0.25, -0.2) is 4.39 Å². The molecule has 146 valence electrons. The summed E-state index contributed by atoms with van der Waals surface area (Å²) in [6, 6.07) is 11.1. The van der Waals surface area contributed by atoms with Gasteiger partial charge in [-0.05, 0) is 68.8 Å². The molecule has 0 bridgehead atoms. The lowest BCUT2D eigenvalue weighted by atomic mass is 10.1. The molecule has 0 saturated heterocycles. The molecule has 2 aromatic carbocycles. The number of aromatic amines is 1. The zero-order valence-electron chi connectivity index (χ0n) is 16.2. The Morgan fingerprint density at radius 1 is 1.18 bits per heavy atom. The molecule has 7 heteroatoms. The van der Waals surface area contributed by atoms with Crippen molar-refractivity contribution in [3.8, 4) is 22.8 Å². The highest BCUT2D eigenvalue weighted by Crippen LogP contribution is 2.31. The van der Waals surface area contributed by atoms with Crippen LogP contribution in [0, 0.1) is 12.7 Å². The van der Waals surface area contributed by atoms with Crippen LogP contribution >= 0.6 is 0 Å². The van der Waals surface area contributed by atoms with Gasteiger partial charge in [0.25, 0.3) is 5.91 Å². The Kier molecular flexibility index (Phi) is 5.63. The molecule has 1 aromatic heterocycles. The van der Waals surface area contributed by atoms with Crippen molar-refractivity contribution >= 4 is 11.6 Å². The summed E-state index contributed by atoms with van der Waals surface area (Å²) in [6.45, 7) is 5.64. The third-order valence-electron chi connectivity index (χ3n) is 4.08. The summed E-state index contributed by atoms with van der Waals surface area (Å²) in [4.78, 5) is 12.6. The van der Waals surface area contributed by atoms with E-state index in [2.05, 4.69) is 15.5 Å². The Morgan fingerprint density at radius 2 is 1.96 bits per heavy atom. The van der Waals surface area contributed by atoms with E-state index in [9.17, 15) is 9.18 Å². The second-order valence-corrected chi connectivity index (χ2v) is 6.61. The fraction of sp³-hybridized carbons (Fsp3) is 0.238. The summed E-state index contributed by atoms with van der Waals surface area (Å²) in [5.74, 6) is 0.452. The van der Waals surface area contributed by atoms with E-state index >= 15 is 0 Å². The first kappa shape index (κ1) is 19.4. The number of amides is 1. The van der Waals surface area contributed by atoms with E-state index in [1.807, 2.05) is 26.8 Å². The number of rotatable bonds is 6. The number of aromatic nitrogens is 2. The second-order valence-electron chi connectivity index (χ2n) is 6.61. The van der Waals surface area contributed by atoms with Crippen LogP contribution in [0.1, 0.15) is 29.9 Å². The molecule has 0 aliphatic rings. The minimum atomic E-state index is -0.408. The van der Waals surface area contributed by atoms with Crippen molar-refractivity contribution in [1.29, 1.82) is 0 Å². The molecule has 3 rings (SSSR count). The van der Waals surface area contributed by atoms with Crippen molar-refractivity contribution in [1.82, 2.24) is 10.2 Å². The first-order valence-corrected chi connectivity index (χ1v) is 8.85. The van der Waals surface area contributed by atoms with E-state index < -0.39 is 5.82 Å². The van der Waals surface area contributed by atoms with Gasteiger partial charge in [0.05, 0.1) is 18.9 Å². The number of anilines is 1. The highest BCUT2D eigenvalue weighted by Gasteiger charge is 2.16. The van der Waals surface area contributed by atoms with Crippen LogP contribution in [-0.4, -0.2) is 29.3 Å². The molecule has 0 unspecified atom stereocenters. The van der Waals surface area contributed by atoms with Crippen LogP contribution in [0.4, 0.5) is 10.1 Å². The van der Waals surface area contributed by atoms with Crippen LogP contribution in [-0.2, 0) is 0 Å². The molecule has 0 aliphatic heterocycles. The van der Waals surface area contributed by atoms with Crippen molar-refractivity contribution in [2.24, 2.45) is 0 Å². The Hall–Kier alpha value is -3.35. The molecule has 0 saturated carbocycles. The predicted molar refractivity (Wildman–Crippen MR) is 105 cm³/mol. The molecule has 0 aliphatic carbocycles. The average molecular weight is 383 g/mol. The third kappa shape index (κ3) is 4.31. The van der Waals surface area contributed by atoms with E-state index in [0.717, 1.165) is 5.56 Å². The number of benzene rings is 2. The van der Waals surface area contributed by atoms with Crippen LogP contribution in [0.3, 0.4) is 0 Å². The lowest BCUT2D eigenvalue weighted by Gasteiger charge is -2.13. The van der Waals surface area contributed by atoms with Crippen LogP contribution in [0.5, 0.6) is 11.5 Å². The largest absolute Gasteiger partial charge is 0.497 e. The van der Waals surface area contributed by atoms with Gasteiger partial charge >= 0.3 is 0 Å². The maximum absolute atomic E-state index is 13.7. The molecule has 0 atom stereocenters. The van der Waals surface area contributed by atoms with Crippen molar-refractivity contribution in [2.45, 2.75) is 26.9 Å². The highest BCUT2D eigenvalue weighted by atomic mass is 19.1. The Morgan fingerprint density at radius 3 is 2.64 bits per heavy atom. The molecule has 6 nitrogen and oxygen atoms in total. The fourth-order valence-electron chi connectivity index (χ4n) is 2.73. The van der Waals surface area contributed by atoms with Crippen LogP contribution in [0.15, 0.2) is 42.5 Å². The number of carbonyl (C=O) groups excluding carboxylic acids is 1. The Balaban J connectivity index is 1.84. The van der Waals surface area contributed by atoms with E-state index in [1.165, 1.54) is 12.1 Å². The van der Waals surface area contributed by atoms with Gasteiger partial charge in [-0.15, -0.1) is 0 Å². The second kappa shape index (κ2) is 8.12. The molecule has 2 N–H and O–H groups in total. The summed E-state index contributed by atoms with van der Waals surface area (Å²) in [5, 5.41) is 9.69. The van der Waals surface area contributed by atoms with E-state index in [1.54, 1.807) is 31.4 Å². The Bertz CT molecular complexity index is 998. The van der Waals surface area contributed by atoms with E-state index in [-0.39, 0.29) is 17.7 Å². The zero-order chi connectivity index (χ0) is 20.3.